The van der Waals surface area contributed by atoms with Crippen LogP contribution in [-0.2, 0) is 13.6 Å². The number of aromatic nitrogens is 4. The lowest BCUT2D eigenvalue weighted by Gasteiger charge is -2.06. The van der Waals surface area contributed by atoms with Crippen LogP contribution >= 0.6 is 35.0 Å². The lowest BCUT2D eigenvalue weighted by molar-refractivity contribution is -0.670. The highest BCUT2D eigenvalue weighted by Crippen LogP contribution is 2.22. The monoisotopic (exact) mass is 367 g/mol. The third kappa shape index (κ3) is 5.64. The molecule has 0 saturated carbocycles. The number of aryl methyl sites for hydroxylation is 1. The first-order valence-electron chi connectivity index (χ1n) is 6.28. The van der Waals surface area contributed by atoms with Gasteiger partial charge < -0.3 is 17.7 Å². The second kappa shape index (κ2) is 9.48. The molecule has 0 aliphatic carbocycles. The Morgan fingerprint density at radius 2 is 2.00 bits per heavy atom. The second-order valence-electron chi connectivity index (χ2n) is 4.27. The van der Waals surface area contributed by atoms with Crippen molar-refractivity contribution in [1.29, 1.82) is 0 Å². The van der Waals surface area contributed by atoms with Gasteiger partial charge in [-0.2, -0.15) is 0 Å². The third-order valence-corrected chi connectivity index (χ3v) is 4.58. The minimum absolute atomic E-state index is 0. The summed E-state index contributed by atoms with van der Waals surface area (Å²) in [5.74, 6) is 0.987. The van der Waals surface area contributed by atoms with Crippen molar-refractivity contribution in [3.8, 4) is 0 Å². The fourth-order valence-corrected chi connectivity index (χ4v) is 3.07. The highest BCUT2D eigenvalue weighted by molar-refractivity contribution is 7.99. The van der Waals surface area contributed by atoms with E-state index in [1.807, 2.05) is 25.2 Å². The summed E-state index contributed by atoms with van der Waals surface area (Å²) in [4.78, 5) is 0. The number of tetrazole rings is 1. The van der Waals surface area contributed by atoms with Gasteiger partial charge in [0.05, 0.1) is 16.6 Å². The fraction of sp³-hybridized carbons (Fsp3) is 0.417. The van der Waals surface area contributed by atoms with Crippen molar-refractivity contribution < 1.29 is 17.7 Å². The van der Waals surface area contributed by atoms with Crippen molar-refractivity contribution >= 4 is 35.0 Å². The molecule has 0 unspecified atom stereocenters. The fourth-order valence-electron chi connectivity index (χ4n) is 1.71. The van der Waals surface area contributed by atoms with Crippen LogP contribution in [0.15, 0.2) is 23.4 Å². The molecule has 5 nitrogen and oxygen atoms in total. The van der Waals surface area contributed by atoms with Gasteiger partial charge in [-0.25, -0.2) is 4.68 Å². The molecule has 1 heterocycles. The molecule has 0 radical (unpaired) electrons. The molecule has 2 aromatic rings. The number of quaternary nitrogens is 1. The van der Waals surface area contributed by atoms with E-state index in [2.05, 4.69) is 20.8 Å². The number of benzene rings is 1. The van der Waals surface area contributed by atoms with E-state index in [0.29, 0.717) is 0 Å². The van der Waals surface area contributed by atoms with Gasteiger partial charge in [0.15, 0.2) is 0 Å². The van der Waals surface area contributed by atoms with Gasteiger partial charge >= 0.3 is 0 Å². The van der Waals surface area contributed by atoms with E-state index in [0.717, 1.165) is 46.0 Å². The summed E-state index contributed by atoms with van der Waals surface area (Å²) in [5.41, 5.74) is 1.00. The van der Waals surface area contributed by atoms with Gasteiger partial charge in [-0.15, -0.1) is 5.10 Å². The topological polar surface area (TPSA) is 60.2 Å². The zero-order chi connectivity index (χ0) is 14.4. The van der Waals surface area contributed by atoms with E-state index >= 15 is 0 Å². The molecular formula is C12H16Cl3N5S. The molecule has 2 N–H and O–H groups in total. The van der Waals surface area contributed by atoms with E-state index in [4.69, 9.17) is 23.2 Å². The zero-order valence-corrected chi connectivity index (χ0v) is 14.6. The van der Waals surface area contributed by atoms with Gasteiger partial charge in [-0.05, 0) is 22.6 Å². The van der Waals surface area contributed by atoms with E-state index in [-0.39, 0.29) is 12.4 Å². The van der Waals surface area contributed by atoms with Crippen LogP contribution in [0.4, 0.5) is 0 Å². The van der Waals surface area contributed by atoms with E-state index in [1.54, 1.807) is 16.4 Å². The molecule has 21 heavy (non-hydrogen) atoms. The lowest BCUT2D eigenvalue weighted by Crippen LogP contribution is -3.00. The number of hydrogen-bond acceptors (Lipinski definition) is 4. The Morgan fingerprint density at radius 1 is 1.29 bits per heavy atom. The first kappa shape index (κ1) is 18.5. The van der Waals surface area contributed by atoms with Crippen molar-refractivity contribution in [1.82, 2.24) is 20.2 Å². The molecule has 1 aromatic carbocycles. The first-order chi connectivity index (χ1) is 9.68. The summed E-state index contributed by atoms with van der Waals surface area (Å²) >= 11 is 13.9. The van der Waals surface area contributed by atoms with Crippen molar-refractivity contribution in [3.05, 3.63) is 33.8 Å². The Labute approximate surface area is 144 Å². The Bertz CT molecular complexity index is 543. The molecule has 2 rings (SSSR count). The summed E-state index contributed by atoms with van der Waals surface area (Å²) in [7, 11) is 1.84. The molecule has 0 atom stereocenters. The van der Waals surface area contributed by atoms with Crippen molar-refractivity contribution in [2.45, 2.75) is 18.1 Å². The lowest BCUT2D eigenvalue weighted by atomic mass is 10.2. The van der Waals surface area contributed by atoms with Gasteiger partial charge in [0.25, 0.3) is 0 Å². The Hall–Kier alpha value is -0.530. The molecule has 0 saturated heterocycles. The summed E-state index contributed by atoms with van der Waals surface area (Å²) in [6.45, 7) is 1.81. The van der Waals surface area contributed by atoms with E-state index in [9.17, 15) is 0 Å². The number of hydrogen-bond donors (Lipinski definition) is 1. The summed E-state index contributed by atoms with van der Waals surface area (Å²) in [6.07, 6.45) is 1.07. The van der Waals surface area contributed by atoms with Crippen LogP contribution in [0.2, 0.25) is 10.0 Å². The molecule has 9 heteroatoms. The minimum Gasteiger partial charge on any atom is -1.00 e. The molecule has 0 fully saturated rings. The van der Waals surface area contributed by atoms with E-state index < -0.39 is 0 Å². The normalized spacial score (nSPS) is 10.4. The number of thioether (sulfide) groups is 1. The van der Waals surface area contributed by atoms with Crippen LogP contribution in [0.5, 0.6) is 0 Å². The maximum Gasteiger partial charge on any atom is 0.209 e. The van der Waals surface area contributed by atoms with Crippen LogP contribution in [-0.4, -0.2) is 32.5 Å². The molecular weight excluding hydrogens is 353 g/mol. The SMILES string of the molecule is Cn1nnnc1SCCC[NH2+]Cc1c(Cl)cccc1Cl.[Cl-]. The Balaban J connectivity index is 0.00000220. The van der Waals surface area contributed by atoms with Crippen molar-refractivity contribution in [3.63, 3.8) is 0 Å². The highest BCUT2D eigenvalue weighted by atomic mass is 35.5. The number of halogens is 3. The minimum atomic E-state index is 0. The van der Waals surface area contributed by atoms with Crippen LogP contribution in [0.3, 0.4) is 0 Å². The van der Waals surface area contributed by atoms with Crippen LogP contribution in [0.1, 0.15) is 12.0 Å². The standard InChI is InChI=1S/C12H15Cl2N5S.ClH/c1-19-12(16-17-18-19)20-7-3-6-15-8-9-10(13)4-2-5-11(9)14;/h2,4-5,15H,3,6-8H2,1H3;1H. The summed E-state index contributed by atoms with van der Waals surface area (Å²) < 4.78 is 1.68. The largest absolute Gasteiger partial charge is 1.00 e. The van der Waals surface area contributed by atoms with Crippen LogP contribution in [0, 0.1) is 0 Å². The summed E-state index contributed by atoms with van der Waals surface area (Å²) in [5, 5.41) is 15.8. The van der Waals surface area contributed by atoms with Gasteiger partial charge in [0, 0.05) is 24.8 Å². The first-order valence-corrected chi connectivity index (χ1v) is 8.02. The Kier molecular flexibility index (Phi) is 8.36. The van der Waals surface area contributed by atoms with Crippen LogP contribution in [0.25, 0.3) is 0 Å². The summed E-state index contributed by atoms with van der Waals surface area (Å²) in [6, 6.07) is 5.60. The predicted molar refractivity (Wildman–Crippen MR) is 81.1 cm³/mol. The van der Waals surface area contributed by atoms with Gasteiger partial charge in [-0.3, -0.25) is 0 Å². The average molecular weight is 369 g/mol. The highest BCUT2D eigenvalue weighted by Gasteiger charge is 2.07. The smallest absolute Gasteiger partial charge is 0.209 e. The van der Waals surface area contributed by atoms with Gasteiger partial charge in [0.1, 0.15) is 6.54 Å². The number of rotatable bonds is 7. The molecule has 0 bridgehead atoms. The van der Waals surface area contributed by atoms with Crippen molar-refractivity contribution in [2.24, 2.45) is 7.05 Å². The average Bonchev–Trinajstić information content (AvgIpc) is 2.82. The predicted octanol–water partition coefficient (Wildman–Crippen LogP) is -1.23. The quantitative estimate of drug-likeness (QED) is 0.491. The van der Waals surface area contributed by atoms with Gasteiger partial charge in [-0.1, -0.05) is 41.0 Å². The van der Waals surface area contributed by atoms with Crippen molar-refractivity contribution in [2.75, 3.05) is 12.3 Å². The number of nitrogens with two attached hydrogens (primary N) is 1. The maximum atomic E-state index is 6.12. The van der Waals surface area contributed by atoms with E-state index in [1.165, 1.54) is 0 Å². The number of nitrogens with zero attached hydrogens (tertiary/aromatic N) is 4. The molecule has 116 valence electrons. The maximum absolute atomic E-state index is 6.12. The third-order valence-electron chi connectivity index (χ3n) is 2.78. The molecule has 0 spiro atoms. The van der Waals surface area contributed by atoms with Crippen LogP contribution < -0.4 is 17.7 Å². The molecule has 0 aliphatic heterocycles. The molecule has 1 aromatic heterocycles. The molecule has 0 aliphatic rings. The Morgan fingerprint density at radius 3 is 2.62 bits per heavy atom. The zero-order valence-electron chi connectivity index (χ0n) is 11.5. The second-order valence-corrected chi connectivity index (χ2v) is 6.15. The molecule has 0 amide bonds. The van der Waals surface area contributed by atoms with Gasteiger partial charge in [0.2, 0.25) is 5.16 Å².